The van der Waals surface area contributed by atoms with Gasteiger partial charge in [0.1, 0.15) is 17.5 Å². The first-order valence-corrected chi connectivity index (χ1v) is 6.52. The zero-order valence-corrected chi connectivity index (χ0v) is 10.9. The molecule has 0 unspecified atom stereocenters. The molecular formula is C13H11N3OS. The lowest BCUT2D eigenvalue weighted by Gasteiger charge is -2.08. The van der Waals surface area contributed by atoms with Crippen LogP contribution in [0.4, 0.5) is 0 Å². The third kappa shape index (κ3) is 2.79. The summed E-state index contributed by atoms with van der Waals surface area (Å²) in [4.78, 5) is 9.18. The van der Waals surface area contributed by atoms with Crippen molar-refractivity contribution >= 4 is 11.8 Å². The Morgan fingerprint density at radius 3 is 2.78 bits per heavy atom. The Labute approximate surface area is 110 Å². The number of nitrogens with zero attached hydrogens (tertiary/aromatic N) is 3. The quantitative estimate of drug-likeness (QED) is 0.790. The summed E-state index contributed by atoms with van der Waals surface area (Å²) >= 11 is 1.58. The van der Waals surface area contributed by atoms with Gasteiger partial charge in [0.25, 0.3) is 0 Å². The Hall–Kier alpha value is -2.06. The molecule has 2 aromatic rings. The van der Waals surface area contributed by atoms with Crippen LogP contribution in [0.25, 0.3) is 0 Å². The molecule has 0 fully saturated rings. The molecule has 0 aliphatic carbocycles. The fourth-order valence-corrected chi connectivity index (χ4v) is 1.97. The first kappa shape index (κ1) is 12.4. The highest BCUT2D eigenvalue weighted by Crippen LogP contribution is 2.29. The minimum Gasteiger partial charge on any atom is -0.423 e. The molecule has 0 aliphatic rings. The molecule has 90 valence electrons. The highest BCUT2D eigenvalue weighted by atomic mass is 32.2. The maximum Gasteiger partial charge on any atom is 0.323 e. The van der Waals surface area contributed by atoms with E-state index in [1.807, 2.05) is 36.6 Å². The average molecular weight is 257 g/mol. The second-order valence-corrected chi connectivity index (χ2v) is 4.39. The van der Waals surface area contributed by atoms with Crippen molar-refractivity contribution in [3.63, 3.8) is 0 Å². The first-order valence-electron chi connectivity index (χ1n) is 5.29. The number of aryl methyl sites for hydroxylation is 1. The van der Waals surface area contributed by atoms with E-state index in [1.54, 1.807) is 24.8 Å². The monoisotopic (exact) mass is 257 g/mol. The van der Waals surface area contributed by atoms with Gasteiger partial charge < -0.3 is 4.74 Å². The van der Waals surface area contributed by atoms with E-state index in [9.17, 15) is 0 Å². The topological polar surface area (TPSA) is 58.8 Å². The highest BCUT2D eigenvalue weighted by Gasteiger charge is 2.07. The fraction of sp³-hybridized carbons (Fsp3) is 0.154. The number of ether oxygens (including phenoxy) is 1. The summed E-state index contributed by atoms with van der Waals surface area (Å²) in [7, 11) is 0. The van der Waals surface area contributed by atoms with Crippen molar-refractivity contribution in [3.8, 4) is 17.8 Å². The number of nitriles is 1. The molecule has 5 heteroatoms. The van der Waals surface area contributed by atoms with E-state index in [0.29, 0.717) is 17.1 Å². The van der Waals surface area contributed by atoms with E-state index in [4.69, 9.17) is 10.00 Å². The van der Waals surface area contributed by atoms with Gasteiger partial charge >= 0.3 is 6.01 Å². The molecule has 0 N–H and O–H groups in total. The van der Waals surface area contributed by atoms with Crippen molar-refractivity contribution in [2.45, 2.75) is 11.8 Å². The van der Waals surface area contributed by atoms with Crippen LogP contribution in [0.2, 0.25) is 0 Å². The van der Waals surface area contributed by atoms with Gasteiger partial charge in [-0.25, -0.2) is 4.98 Å². The molecule has 0 aliphatic heterocycles. The number of hydrogen-bond donors (Lipinski definition) is 0. The standard InChI is InChI=1S/C13H11N3OS/c1-9-7-10(8-14)16-13(15-9)17-11-5-3-4-6-12(11)18-2/h3-7H,1-2H3. The number of thioether (sulfide) groups is 1. The van der Waals surface area contributed by atoms with Gasteiger partial charge in [0.15, 0.2) is 0 Å². The van der Waals surface area contributed by atoms with Crippen molar-refractivity contribution in [1.29, 1.82) is 5.26 Å². The van der Waals surface area contributed by atoms with Crippen LogP contribution in [-0.4, -0.2) is 16.2 Å². The molecule has 1 aromatic carbocycles. The van der Waals surface area contributed by atoms with Crippen LogP contribution >= 0.6 is 11.8 Å². The molecule has 0 radical (unpaired) electrons. The van der Waals surface area contributed by atoms with E-state index in [0.717, 1.165) is 4.90 Å². The lowest BCUT2D eigenvalue weighted by molar-refractivity contribution is 0.430. The average Bonchev–Trinajstić information content (AvgIpc) is 2.38. The Balaban J connectivity index is 2.34. The maximum atomic E-state index is 8.85. The van der Waals surface area contributed by atoms with Gasteiger partial charge in [-0.1, -0.05) is 12.1 Å². The van der Waals surface area contributed by atoms with Crippen molar-refractivity contribution < 1.29 is 4.74 Å². The molecule has 0 bridgehead atoms. The summed E-state index contributed by atoms with van der Waals surface area (Å²) in [6, 6.07) is 11.4. The summed E-state index contributed by atoms with van der Waals surface area (Å²) in [5.74, 6) is 0.694. The predicted molar refractivity (Wildman–Crippen MR) is 69.8 cm³/mol. The molecule has 4 nitrogen and oxygen atoms in total. The molecule has 0 amide bonds. The van der Waals surface area contributed by atoms with Gasteiger partial charge in [0.05, 0.1) is 0 Å². The van der Waals surface area contributed by atoms with E-state index in [-0.39, 0.29) is 6.01 Å². The predicted octanol–water partition coefficient (Wildman–Crippen LogP) is 3.17. The molecule has 0 saturated carbocycles. The maximum absolute atomic E-state index is 8.85. The molecule has 2 rings (SSSR count). The van der Waals surface area contributed by atoms with Gasteiger partial charge in [0.2, 0.25) is 0 Å². The van der Waals surface area contributed by atoms with E-state index >= 15 is 0 Å². The normalized spacial score (nSPS) is 9.83. The number of rotatable bonds is 3. The fourth-order valence-electron chi connectivity index (χ4n) is 1.45. The van der Waals surface area contributed by atoms with Crippen molar-refractivity contribution in [2.24, 2.45) is 0 Å². The van der Waals surface area contributed by atoms with Crippen LogP contribution < -0.4 is 4.74 Å². The van der Waals surface area contributed by atoms with E-state index < -0.39 is 0 Å². The number of aromatic nitrogens is 2. The summed E-state index contributed by atoms with van der Waals surface area (Å²) in [5, 5.41) is 8.85. The Morgan fingerprint density at radius 2 is 2.06 bits per heavy atom. The van der Waals surface area contributed by atoms with Crippen LogP contribution in [0.1, 0.15) is 11.4 Å². The zero-order valence-electron chi connectivity index (χ0n) is 10.0. The molecular weight excluding hydrogens is 246 g/mol. The Morgan fingerprint density at radius 1 is 1.28 bits per heavy atom. The Kier molecular flexibility index (Phi) is 3.80. The van der Waals surface area contributed by atoms with Gasteiger partial charge in [-0.05, 0) is 31.4 Å². The summed E-state index contributed by atoms with van der Waals surface area (Å²) in [6.07, 6.45) is 1.97. The first-order chi connectivity index (χ1) is 8.72. The molecule has 1 heterocycles. The molecule has 1 aromatic heterocycles. The lowest BCUT2D eigenvalue weighted by Crippen LogP contribution is -1.97. The molecule has 18 heavy (non-hydrogen) atoms. The third-order valence-corrected chi connectivity index (χ3v) is 3.00. The lowest BCUT2D eigenvalue weighted by atomic mass is 10.3. The van der Waals surface area contributed by atoms with Crippen LogP contribution in [0.15, 0.2) is 35.2 Å². The van der Waals surface area contributed by atoms with E-state index in [1.165, 1.54) is 0 Å². The Bertz CT molecular complexity index is 607. The third-order valence-electron chi connectivity index (χ3n) is 2.22. The zero-order chi connectivity index (χ0) is 13.0. The SMILES string of the molecule is CSc1ccccc1Oc1nc(C)cc(C#N)n1. The minimum atomic E-state index is 0.202. The second kappa shape index (κ2) is 5.52. The smallest absolute Gasteiger partial charge is 0.323 e. The van der Waals surface area contributed by atoms with Gasteiger partial charge in [0, 0.05) is 10.6 Å². The van der Waals surface area contributed by atoms with Crippen LogP contribution in [0.3, 0.4) is 0 Å². The summed E-state index contributed by atoms with van der Waals surface area (Å²) < 4.78 is 5.63. The van der Waals surface area contributed by atoms with Gasteiger partial charge in [-0.2, -0.15) is 10.2 Å². The summed E-state index contributed by atoms with van der Waals surface area (Å²) in [6.45, 7) is 1.80. The molecule has 0 saturated heterocycles. The van der Waals surface area contributed by atoms with Crippen LogP contribution in [0.5, 0.6) is 11.8 Å². The minimum absolute atomic E-state index is 0.202. The second-order valence-electron chi connectivity index (χ2n) is 3.54. The number of benzene rings is 1. The van der Waals surface area contributed by atoms with E-state index in [2.05, 4.69) is 9.97 Å². The van der Waals surface area contributed by atoms with Crippen molar-refractivity contribution in [2.75, 3.05) is 6.26 Å². The van der Waals surface area contributed by atoms with Crippen molar-refractivity contribution in [1.82, 2.24) is 9.97 Å². The van der Waals surface area contributed by atoms with Gasteiger partial charge in [-0.3, -0.25) is 0 Å². The largest absolute Gasteiger partial charge is 0.423 e. The van der Waals surface area contributed by atoms with Crippen LogP contribution in [0, 0.1) is 18.3 Å². The van der Waals surface area contributed by atoms with Crippen molar-refractivity contribution in [3.05, 3.63) is 41.7 Å². The van der Waals surface area contributed by atoms with Gasteiger partial charge in [-0.15, -0.1) is 11.8 Å². The number of hydrogen-bond acceptors (Lipinski definition) is 5. The highest BCUT2D eigenvalue weighted by molar-refractivity contribution is 7.98. The molecule has 0 atom stereocenters. The van der Waals surface area contributed by atoms with Crippen LogP contribution in [-0.2, 0) is 0 Å². The number of para-hydroxylation sites is 1. The molecule has 0 spiro atoms. The summed E-state index contributed by atoms with van der Waals surface area (Å²) in [5.41, 5.74) is 1.01.